The fraction of sp³-hybridized carbons (Fsp3) is 0.571. The molecule has 0 saturated heterocycles. The van der Waals surface area contributed by atoms with Gasteiger partial charge in [0.25, 0.3) is 0 Å². The molecule has 0 spiro atoms. The first-order valence-corrected chi connectivity index (χ1v) is 6.43. The summed E-state index contributed by atoms with van der Waals surface area (Å²) in [6.07, 6.45) is 3.77. The van der Waals surface area contributed by atoms with Crippen molar-refractivity contribution in [2.45, 2.75) is 38.8 Å². The summed E-state index contributed by atoms with van der Waals surface area (Å²) < 4.78 is 0. The van der Waals surface area contributed by atoms with Gasteiger partial charge in [-0.2, -0.15) is 0 Å². The number of hydrogen-bond acceptors (Lipinski definition) is 3. The second-order valence-corrected chi connectivity index (χ2v) is 4.84. The molecule has 0 radical (unpaired) electrons. The van der Waals surface area contributed by atoms with Crippen LogP contribution in [0.5, 0.6) is 0 Å². The molecule has 1 fully saturated rings. The molecule has 17 heavy (non-hydrogen) atoms. The van der Waals surface area contributed by atoms with Gasteiger partial charge in [0, 0.05) is 24.8 Å². The standard InChI is InChI=1S/C14H22N2O/c1-11-5-6-12(10-15)14(9-11)16(7-8-17)13-3-2-4-13/h5-6,9,13,17H,2-4,7-8,10,15H2,1H3. The van der Waals surface area contributed by atoms with Gasteiger partial charge in [-0.1, -0.05) is 12.1 Å². The summed E-state index contributed by atoms with van der Waals surface area (Å²) in [6, 6.07) is 6.99. The molecule has 0 aliphatic heterocycles. The Balaban J connectivity index is 2.29. The molecule has 1 aliphatic rings. The van der Waals surface area contributed by atoms with Gasteiger partial charge >= 0.3 is 0 Å². The fourth-order valence-electron chi connectivity index (χ4n) is 2.42. The maximum atomic E-state index is 9.23. The van der Waals surface area contributed by atoms with E-state index >= 15 is 0 Å². The van der Waals surface area contributed by atoms with Crippen molar-refractivity contribution >= 4 is 5.69 Å². The van der Waals surface area contributed by atoms with E-state index in [4.69, 9.17) is 5.73 Å². The van der Waals surface area contributed by atoms with Crippen molar-refractivity contribution in [2.24, 2.45) is 5.73 Å². The second-order valence-electron chi connectivity index (χ2n) is 4.84. The van der Waals surface area contributed by atoms with Crippen molar-refractivity contribution in [1.29, 1.82) is 0 Å². The Morgan fingerprint density at radius 3 is 2.71 bits per heavy atom. The number of aliphatic hydroxyl groups excluding tert-OH is 1. The molecular weight excluding hydrogens is 212 g/mol. The number of nitrogens with two attached hydrogens (primary N) is 1. The van der Waals surface area contributed by atoms with Crippen LogP contribution in [-0.4, -0.2) is 24.3 Å². The quantitative estimate of drug-likeness (QED) is 0.817. The van der Waals surface area contributed by atoms with E-state index in [0.29, 0.717) is 19.1 Å². The maximum Gasteiger partial charge on any atom is 0.0606 e. The van der Waals surface area contributed by atoms with E-state index < -0.39 is 0 Å². The highest BCUT2D eigenvalue weighted by atomic mass is 16.3. The van der Waals surface area contributed by atoms with Gasteiger partial charge < -0.3 is 15.7 Å². The van der Waals surface area contributed by atoms with E-state index in [1.807, 2.05) is 0 Å². The molecule has 0 unspecified atom stereocenters. The van der Waals surface area contributed by atoms with E-state index in [0.717, 1.165) is 0 Å². The Kier molecular flexibility index (Phi) is 4.02. The summed E-state index contributed by atoms with van der Waals surface area (Å²) in [5.74, 6) is 0. The Bertz CT molecular complexity index is 374. The van der Waals surface area contributed by atoms with Crippen molar-refractivity contribution < 1.29 is 5.11 Å². The number of benzene rings is 1. The highest BCUT2D eigenvalue weighted by Gasteiger charge is 2.26. The number of nitrogens with zero attached hydrogens (tertiary/aromatic N) is 1. The van der Waals surface area contributed by atoms with Gasteiger partial charge in [0.2, 0.25) is 0 Å². The number of aliphatic hydroxyl groups is 1. The molecule has 0 atom stereocenters. The molecule has 1 aromatic carbocycles. The molecule has 3 nitrogen and oxygen atoms in total. The summed E-state index contributed by atoms with van der Waals surface area (Å²) in [6.45, 7) is 3.57. The molecule has 94 valence electrons. The zero-order valence-corrected chi connectivity index (χ0v) is 10.5. The third-order valence-electron chi connectivity index (χ3n) is 3.63. The third-order valence-corrected chi connectivity index (χ3v) is 3.63. The SMILES string of the molecule is Cc1ccc(CN)c(N(CCO)C2CCC2)c1. The zero-order chi connectivity index (χ0) is 12.3. The molecule has 3 heteroatoms. The van der Waals surface area contributed by atoms with Gasteiger partial charge in [-0.25, -0.2) is 0 Å². The predicted octanol–water partition coefficient (Wildman–Crippen LogP) is 1.80. The molecule has 0 heterocycles. The van der Waals surface area contributed by atoms with Crippen LogP contribution in [0.3, 0.4) is 0 Å². The fourth-order valence-corrected chi connectivity index (χ4v) is 2.42. The molecule has 2 rings (SSSR count). The van der Waals surface area contributed by atoms with Crippen LogP contribution in [0.4, 0.5) is 5.69 Å². The molecule has 3 N–H and O–H groups in total. The van der Waals surface area contributed by atoms with Gasteiger partial charge in [-0.3, -0.25) is 0 Å². The lowest BCUT2D eigenvalue weighted by molar-refractivity contribution is 0.283. The van der Waals surface area contributed by atoms with Crippen molar-refractivity contribution in [3.05, 3.63) is 29.3 Å². The lowest BCUT2D eigenvalue weighted by Crippen LogP contribution is -2.42. The van der Waals surface area contributed by atoms with E-state index in [2.05, 4.69) is 30.0 Å². The first kappa shape index (κ1) is 12.4. The largest absolute Gasteiger partial charge is 0.395 e. The van der Waals surface area contributed by atoms with Gasteiger partial charge in [0.15, 0.2) is 0 Å². The van der Waals surface area contributed by atoms with Crippen molar-refractivity contribution in [3.8, 4) is 0 Å². The molecule has 0 aromatic heterocycles. The van der Waals surface area contributed by atoms with Crippen LogP contribution in [0.1, 0.15) is 30.4 Å². The number of aryl methyl sites for hydroxylation is 1. The minimum Gasteiger partial charge on any atom is -0.395 e. The Labute approximate surface area is 103 Å². The summed E-state index contributed by atoms with van der Waals surface area (Å²) >= 11 is 0. The van der Waals surface area contributed by atoms with Crippen LogP contribution in [0, 0.1) is 6.92 Å². The third kappa shape index (κ3) is 2.61. The molecular formula is C14H22N2O. The van der Waals surface area contributed by atoms with Crippen LogP contribution in [-0.2, 0) is 6.54 Å². The van der Waals surface area contributed by atoms with Gasteiger partial charge in [-0.15, -0.1) is 0 Å². The first-order valence-electron chi connectivity index (χ1n) is 6.43. The van der Waals surface area contributed by atoms with Crippen molar-refractivity contribution in [2.75, 3.05) is 18.1 Å². The topological polar surface area (TPSA) is 49.5 Å². The summed E-state index contributed by atoms with van der Waals surface area (Å²) in [5.41, 5.74) is 9.45. The normalized spacial score (nSPS) is 15.7. The van der Waals surface area contributed by atoms with Crippen LogP contribution >= 0.6 is 0 Å². The predicted molar refractivity (Wildman–Crippen MR) is 71.1 cm³/mol. The average molecular weight is 234 g/mol. The maximum absolute atomic E-state index is 9.23. The molecule has 0 amide bonds. The van der Waals surface area contributed by atoms with Crippen LogP contribution in [0.2, 0.25) is 0 Å². The summed E-state index contributed by atoms with van der Waals surface area (Å²) in [7, 11) is 0. The minimum absolute atomic E-state index is 0.203. The Hall–Kier alpha value is -1.06. The van der Waals surface area contributed by atoms with E-state index in [9.17, 15) is 5.11 Å². The summed E-state index contributed by atoms with van der Waals surface area (Å²) in [4.78, 5) is 2.33. The average Bonchev–Trinajstić information content (AvgIpc) is 2.26. The Morgan fingerprint density at radius 1 is 1.41 bits per heavy atom. The van der Waals surface area contributed by atoms with Crippen LogP contribution in [0.25, 0.3) is 0 Å². The smallest absolute Gasteiger partial charge is 0.0606 e. The van der Waals surface area contributed by atoms with Gasteiger partial charge in [0.1, 0.15) is 0 Å². The van der Waals surface area contributed by atoms with Crippen LogP contribution < -0.4 is 10.6 Å². The first-order chi connectivity index (χ1) is 8.26. The van der Waals surface area contributed by atoms with Gasteiger partial charge in [-0.05, 0) is 43.4 Å². The van der Waals surface area contributed by atoms with Crippen LogP contribution in [0.15, 0.2) is 18.2 Å². The second kappa shape index (κ2) is 5.52. The van der Waals surface area contributed by atoms with Crippen molar-refractivity contribution in [1.82, 2.24) is 0 Å². The highest BCUT2D eigenvalue weighted by molar-refractivity contribution is 5.56. The zero-order valence-electron chi connectivity index (χ0n) is 10.5. The number of anilines is 1. The van der Waals surface area contributed by atoms with Gasteiger partial charge in [0.05, 0.1) is 6.61 Å². The number of rotatable bonds is 5. The van der Waals surface area contributed by atoms with Crippen molar-refractivity contribution in [3.63, 3.8) is 0 Å². The van der Waals surface area contributed by atoms with E-state index in [-0.39, 0.29) is 6.61 Å². The van der Waals surface area contributed by atoms with E-state index in [1.165, 1.54) is 36.1 Å². The Morgan fingerprint density at radius 2 is 2.18 bits per heavy atom. The minimum atomic E-state index is 0.203. The number of hydrogen-bond donors (Lipinski definition) is 2. The highest BCUT2D eigenvalue weighted by Crippen LogP contribution is 2.31. The molecule has 0 bridgehead atoms. The molecule has 1 aliphatic carbocycles. The lowest BCUT2D eigenvalue weighted by Gasteiger charge is -2.40. The molecule has 1 aromatic rings. The van der Waals surface area contributed by atoms with E-state index in [1.54, 1.807) is 0 Å². The lowest BCUT2D eigenvalue weighted by atomic mass is 9.90. The monoisotopic (exact) mass is 234 g/mol. The molecule has 1 saturated carbocycles. The summed E-state index contributed by atoms with van der Waals surface area (Å²) in [5, 5.41) is 9.23.